The fourth-order valence-electron chi connectivity index (χ4n) is 2.37. The Labute approximate surface area is 157 Å². The molecule has 0 aliphatic rings. The summed E-state index contributed by atoms with van der Waals surface area (Å²) in [6.07, 6.45) is 0. The van der Waals surface area contributed by atoms with Crippen molar-refractivity contribution in [2.75, 3.05) is 11.5 Å². The van der Waals surface area contributed by atoms with E-state index in [2.05, 4.69) is 15.2 Å². The first-order chi connectivity index (χ1) is 12.8. The van der Waals surface area contributed by atoms with Gasteiger partial charge in [0.1, 0.15) is 11.4 Å². The van der Waals surface area contributed by atoms with Gasteiger partial charge in [0, 0.05) is 12.6 Å². The van der Waals surface area contributed by atoms with Crippen molar-refractivity contribution in [2.24, 2.45) is 7.05 Å². The number of anilines is 1. The number of aryl methyl sites for hydroxylation is 2. The highest BCUT2D eigenvalue weighted by atomic mass is 32.2. The van der Waals surface area contributed by atoms with Crippen molar-refractivity contribution >= 4 is 23.4 Å². The first-order valence-corrected chi connectivity index (χ1v) is 8.92. The SMILES string of the molecule is Cc1ccc(-c2nnc(SCC(=O)c3c(N)n(C)c(=O)[nH]c3=O)o2)cc1C. The second kappa shape index (κ2) is 7.23. The molecule has 0 amide bonds. The highest BCUT2D eigenvalue weighted by Gasteiger charge is 2.19. The number of carbonyl (C=O) groups is 1. The molecule has 0 atom stereocenters. The molecule has 0 fully saturated rings. The van der Waals surface area contributed by atoms with Crippen LogP contribution >= 0.6 is 11.8 Å². The van der Waals surface area contributed by atoms with Gasteiger partial charge in [-0.1, -0.05) is 17.8 Å². The summed E-state index contributed by atoms with van der Waals surface area (Å²) in [5, 5.41) is 8.08. The third-order valence-electron chi connectivity index (χ3n) is 4.14. The third kappa shape index (κ3) is 3.70. The molecule has 0 spiro atoms. The molecule has 140 valence electrons. The molecular weight excluding hydrogens is 370 g/mol. The molecule has 0 aliphatic carbocycles. The van der Waals surface area contributed by atoms with Gasteiger partial charge >= 0.3 is 5.69 Å². The Balaban J connectivity index is 1.77. The zero-order valence-corrected chi connectivity index (χ0v) is 15.7. The second-order valence-electron chi connectivity index (χ2n) is 5.96. The lowest BCUT2D eigenvalue weighted by Crippen LogP contribution is -2.35. The summed E-state index contributed by atoms with van der Waals surface area (Å²) in [5.74, 6) is -0.524. The maximum absolute atomic E-state index is 12.4. The second-order valence-corrected chi connectivity index (χ2v) is 6.89. The van der Waals surface area contributed by atoms with Gasteiger partial charge in [0.15, 0.2) is 5.78 Å². The van der Waals surface area contributed by atoms with Crippen molar-refractivity contribution in [3.05, 3.63) is 55.7 Å². The van der Waals surface area contributed by atoms with Crippen molar-refractivity contribution in [3.63, 3.8) is 0 Å². The van der Waals surface area contributed by atoms with E-state index in [1.807, 2.05) is 32.0 Å². The summed E-state index contributed by atoms with van der Waals surface area (Å²) < 4.78 is 6.57. The van der Waals surface area contributed by atoms with Gasteiger partial charge in [0.05, 0.1) is 5.75 Å². The Morgan fingerprint density at radius 1 is 1.26 bits per heavy atom. The van der Waals surface area contributed by atoms with Gasteiger partial charge in [-0.3, -0.25) is 19.1 Å². The molecule has 0 aliphatic heterocycles. The Bertz CT molecular complexity index is 1140. The predicted octanol–water partition coefficient (Wildman–Crippen LogP) is 1.30. The zero-order valence-electron chi connectivity index (χ0n) is 14.9. The van der Waals surface area contributed by atoms with E-state index < -0.39 is 17.0 Å². The number of hydrogen-bond donors (Lipinski definition) is 2. The standard InChI is InChI=1S/C17H17N5O4S/c1-8-4-5-10(6-9(8)2)15-20-21-17(26-15)27-7-11(23)12-13(18)22(3)16(25)19-14(12)24/h4-6H,7,18H2,1-3H3,(H,19,24,25). The van der Waals surface area contributed by atoms with Crippen LogP contribution in [-0.4, -0.2) is 31.3 Å². The first-order valence-electron chi connectivity index (χ1n) is 7.94. The third-order valence-corrected chi connectivity index (χ3v) is 4.95. The number of H-pyrrole nitrogens is 1. The van der Waals surface area contributed by atoms with Crippen LogP contribution in [0.2, 0.25) is 0 Å². The number of ketones is 1. The Morgan fingerprint density at radius 3 is 2.70 bits per heavy atom. The fourth-order valence-corrected chi connectivity index (χ4v) is 3.00. The van der Waals surface area contributed by atoms with E-state index >= 15 is 0 Å². The molecule has 3 N–H and O–H groups in total. The molecule has 2 heterocycles. The van der Waals surface area contributed by atoms with Crippen LogP contribution in [0.15, 0.2) is 37.4 Å². The van der Waals surface area contributed by atoms with E-state index in [-0.39, 0.29) is 22.4 Å². The van der Waals surface area contributed by atoms with Crippen LogP contribution in [0.5, 0.6) is 0 Å². The minimum absolute atomic E-state index is 0.139. The van der Waals surface area contributed by atoms with Gasteiger partial charge in [-0.2, -0.15) is 0 Å². The maximum Gasteiger partial charge on any atom is 0.329 e. The van der Waals surface area contributed by atoms with Crippen molar-refractivity contribution < 1.29 is 9.21 Å². The number of benzene rings is 1. The van der Waals surface area contributed by atoms with E-state index in [0.29, 0.717) is 5.89 Å². The van der Waals surface area contributed by atoms with Crippen molar-refractivity contribution in [1.82, 2.24) is 19.7 Å². The molecule has 0 saturated carbocycles. The fraction of sp³-hybridized carbons (Fsp3) is 0.235. The van der Waals surface area contributed by atoms with Crippen molar-refractivity contribution in [1.29, 1.82) is 0 Å². The molecule has 0 unspecified atom stereocenters. The molecule has 0 saturated heterocycles. The Hall–Kier alpha value is -3.14. The summed E-state index contributed by atoms with van der Waals surface area (Å²) in [6.45, 7) is 3.99. The monoisotopic (exact) mass is 387 g/mol. The number of aromatic amines is 1. The minimum Gasteiger partial charge on any atom is -0.411 e. The van der Waals surface area contributed by atoms with Gasteiger partial charge < -0.3 is 10.2 Å². The molecule has 10 heteroatoms. The number of aromatic nitrogens is 4. The summed E-state index contributed by atoms with van der Waals surface area (Å²) >= 11 is 0.988. The van der Waals surface area contributed by atoms with Crippen molar-refractivity contribution in [2.45, 2.75) is 19.1 Å². The van der Waals surface area contributed by atoms with Crippen LogP contribution in [0, 0.1) is 13.8 Å². The van der Waals surface area contributed by atoms with Gasteiger partial charge in [-0.25, -0.2) is 4.79 Å². The van der Waals surface area contributed by atoms with Crippen LogP contribution < -0.4 is 17.0 Å². The molecule has 0 radical (unpaired) electrons. The molecule has 9 nitrogen and oxygen atoms in total. The van der Waals surface area contributed by atoms with E-state index in [4.69, 9.17) is 10.2 Å². The van der Waals surface area contributed by atoms with Gasteiger partial charge in [0.2, 0.25) is 5.89 Å². The molecular formula is C17H17N5O4S. The largest absolute Gasteiger partial charge is 0.411 e. The van der Waals surface area contributed by atoms with Gasteiger partial charge in [-0.05, 0) is 37.1 Å². The maximum atomic E-state index is 12.4. The normalized spacial score (nSPS) is 10.9. The quantitative estimate of drug-likeness (QED) is 0.494. The van der Waals surface area contributed by atoms with E-state index in [1.165, 1.54) is 7.05 Å². The number of rotatable bonds is 5. The first kappa shape index (κ1) is 18.6. The van der Waals surface area contributed by atoms with E-state index in [0.717, 1.165) is 33.0 Å². The number of carbonyl (C=O) groups excluding carboxylic acids is 1. The molecule has 0 bridgehead atoms. The smallest absolute Gasteiger partial charge is 0.329 e. The average Bonchev–Trinajstić information content (AvgIpc) is 3.09. The Kier molecular flexibility index (Phi) is 5.00. The number of nitrogens with one attached hydrogen (secondary N) is 1. The minimum atomic E-state index is -0.817. The van der Waals surface area contributed by atoms with E-state index in [1.54, 1.807) is 0 Å². The van der Waals surface area contributed by atoms with Crippen molar-refractivity contribution in [3.8, 4) is 11.5 Å². The lowest BCUT2D eigenvalue weighted by atomic mass is 10.1. The molecule has 2 aromatic heterocycles. The molecule has 3 aromatic rings. The van der Waals surface area contributed by atoms with Crippen LogP contribution in [0.4, 0.5) is 5.82 Å². The van der Waals surface area contributed by atoms with E-state index in [9.17, 15) is 14.4 Å². The number of nitrogens with zero attached hydrogens (tertiary/aromatic N) is 3. The Morgan fingerprint density at radius 2 is 2.00 bits per heavy atom. The summed E-state index contributed by atoms with van der Waals surface area (Å²) in [4.78, 5) is 37.8. The van der Waals surface area contributed by atoms with Gasteiger partial charge in [-0.15, -0.1) is 10.2 Å². The number of hydrogen-bond acceptors (Lipinski definition) is 8. The molecule has 3 rings (SSSR count). The number of nitrogens with two attached hydrogens (primary N) is 1. The molecule has 27 heavy (non-hydrogen) atoms. The van der Waals surface area contributed by atoms with Crippen LogP contribution in [0.3, 0.4) is 0 Å². The zero-order chi connectivity index (χ0) is 19.7. The van der Waals surface area contributed by atoms with Crippen LogP contribution in [-0.2, 0) is 7.05 Å². The highest BCUT2D eigenvalue weighted by molar-refractivity contribution is 7.99. The predicted molar refractivity (Wildman–Crippen MR) is 101 cm³/mol. The summed E-state index contributed by atoms with van der Waals surface area (Å²) in [6, 6.07) is 5.77. The van der Waals surface area contributed by atoms with Crippen LogP contribution in [0.1, 0.15) is 21.5 Å². The van der Waals surface area contributed by atoms with Crippen LogP contribution in [0.25, 0.3) is 11.5 Å². The average molecular weight is 387 g/mol. The van der Waals surface area contributed by atoms with Gasteiger partial charge in [0.25, 0.3) is 10.8 Å². The lowest BCUT2D eigenvalue weighted by molar-refractivity contribution is 0.102. The number of nitrogen functional groups attached to an aromatic ring is 1. The molecule has 1 aromatic carbocycles. The topological polar surface area (TPSA) is 137 Å². The number of thioether (sulfide) groups is 1. The lowest BCUT2D eigenvalue weighted by Gasteiger charge is -2.06. The highest BCUT2D eigenvalue weighted by Crippen LogP contribution is 2.25. The summed E-state index contributed by atoms with van der Waals surface area (Å²) in [7, 11) is 1.37. The summed E-state index contributed by atoms with van der Waals surface area (Å²) in [5.41, 5.74) is 6.98. The number of Topliss-reactive ketones (excluding diaryl/α,β-unsaturated/α-hetero) is 1.